The van der Waals surface area contributed by atoms with Gasteiger partial charge in [-0.05, 0) is 6.92 Å². The number of aryl methyl sites for hydroxylation is 3. The molecule has 0 aromatic carbocycles. The molecule has 0 spiro atoms. The van der Waals surface area contributed by atoms with Crippen molar-refractivity contribution in [2.75, 3.05) is 0 Å². The normalized spacial score (nSPS) is 10.6. The quantitative estimate of drug-likeness (QED) is 0.676. The summed E-state index contributed by atoms with van der Waals surface area (Å²) in [6.45, 7) is 1.82. The molecule has 0 aliphatic carbocycles. The number of hydrogen-bond acceptors (Lipinski definition) is 3. The lowest BCUT2D eigenvalue weighted by Gasteiger charge is -1.99. The van der Waals surface area contributed by atoms with Gasteiger partial charge in [0.1, 0.15) is 5.69 Å². The lowest BCUT2D eigenvalue weighted by Crippen LogP contribution is -2.07. The topological polar surface area (TPSA) is 52.7 Å². The molecule has 0 N–H and O–H groups in total. The van der Waals surface area contributed by atoms with Gasteiger partial charge in [-0.2, -0.15) is 5.10 Å². The molecule has 15 heavy (non-hydrogen) atoms. The summed E-state index contributed by atoms with van der Waals surface area (Å²) in [6, 6.07) is 0. The van der Waals surface area contributed by atoms with E-state index in [-0.39, 0.29) is 5.78 Å². The molecule has 0 aliphatic rings. The van der Waals surface area contributed by atoms with Gasteiger partial charge in [-0.15, -0.1) is 0 Å². The van der Waals surface area contributed by atoms with Crippen molar-refractivity contribution in [3.8, 4) is 0 Å². The number of nitrogens with zero attached hydrogens (tertiary/aromatic N) is 4. The van der Waals surface area contributed by atoms with E-state index in [0.29, 0.717) is 11.3 Å². The second-order valence-corrected chi connectivity index (χ2v) is 3.52. The Labute approximate surface area is 87.4 Å². The van der Waals surface area contributed by atoms with E-state index in [9.17, 15) is 4.79 Å². The lowest BCUT2D eigenvalue weighted by atomic mass is 10.1. The summed E-state index contributed by atoms with van der Waals surface area (Å²) in [5, 5.41) is 4.14. The zero-order valence-electron chi connectivity index (χ0n) is 8.93. The van der Waals surface area contributed by atoms with Crippen LogP contribution in [0.3, 0.4) is 0 Å². The number of carbonyl (C=O) groups is 1. The molecule has 0 amide bonds. The molecule has 0 atom stereocenters. The van der Waals surface area contributed by atoms with Crippen molar-refractivity contribution in [3.63, 3.8) is 0 Å². The van der Waals surface area contributed by atoms with Gasteiger partial charge in [-0.25, -0.2) is 4.98 Å². The van der Waals surface area contributed by atoms with Crippen LogP contribution in [-0.2, 0) is 14.1 Å². The van der Waals surface area contributed by atoms with Crippen molar-refractivity contribution in [1.29, 1.82) is 0 Å². The molecule has 2 rings (SSSR count). The lowest BCUT2D eigenvalue weighted by molar-refractivity contribution is 0.103. The van der Waals surface area contributed by atoms with Gasteiger partial charge in [-0.1, -0.05) is 0 Å². The maximum absolute atomic E-state index is 12.0. The summed E-state index contributed by atoms with van der Waals surface area (Å²) in [4.78, 5) is 16.0. The van der Waals surface area contributed by atoms with E-state index in [1.165, 1.54) is 0 Å². The van der Waals surface area contributed by atoms with Crippen molar-refractivity contribution in [1.82, 2.24) is 19.3 Å². The van der Waals surface area contributed by atoms with Gasteiger partial charge < -0.3 is 4.57 Å². The van der Waals surface area contributed by atoms with Gasteiger partial charge in [0.25, 0.3) is 0 Å². The summed E-state index contributed by atoms with van der Waals surface area (Å²) in [6.07, 6.45) is 4.90. The maximum Gasteiger partial charge on any atom is 0.214 e. The van der Waals surface area contributed by atoms with Crippen LogP contribution in [0.4, 0.5) is 0 Å². The molecule has 5 nitrogen and oxygen atoms in total. The fourth-order valence-corrected chi connectivity index (χ4v) is 1.54. The van der Waals surface area contributed by atoms with E-state index in [4.69, 9.17) is 0 Å². The molecule has 0 fully saturated rings. The Morgan fingerprint density at radius 2 is 2.13 bits per heavy atom. The molecule has 5 heteroatoms. The summed E-state index contributed by atoms with van der Waals surface area (Å²) in [7, 11) is 3.60. The average molecular weight is 204 g/mol. The van der Waals surface area contributed by atoms with Gasteiger partial charge in [0.05, 0.1) is 23.8 Å². The average Bonchev–Trinajstić information content (AvgIpc) is 2.71. The fraction of sp³-hybridized carbons (Fsp3) is 0.300. The van der Waals surface area contributed by atoms with Crippen LogP contribution in [0.2, 0.25) is 0 Å². The Morgan fingerprint density at radius 3 is 2.60 bits per heavy atom. The van der Waals surface area contributed by atoms with Crippen molar-refractivity contribution in [2.24, 2.45) is 14.1 Å². The SMILES string of the molecule is Cc1nn(C)cc1C(=O)c1cncn1C. The van der Waals surface area contributed by atoms with Crippen LogP contribution in [0.15, 0.2) is 18.7 Å². The molecule has 0 saturated heterocycles. The van der Waals surface area contributed by atoms with Crippen molar-refractivity contribution in [2.45, 2.75) is 6.92 Å². The predicted molar refractivity (Wildman–Crippen MR) is 54.6 cm³/mol. The van der Waals surface area contributed by atoms with Crippen molar-refractivity contribution in [3.05, 3.63) is 35.7 Å². The fourth-order valence-electron chi connectivity index (χ4n) is 1.54. The second-order valence-electron chi connectivity index (χ2n) is 3.52. The number of carbonyl (C=O) groups excluding carboxylic acids is 1. The summed E-state index contributed by atoms with van der Waals surface area (Å²) in [5.41, 5.74) is 1.94. The number of rotatable bonds is 2. The first kappa shape index (κ1) is 9.64. The highest BCUT2D eigenvalue weighted by atomic mass is 16.1. The molecule has 0 saturated carbocycles. The molecule has 78 valence electrons. The Hall–Kier alpha value is -1.91. The van der Waals surface area contributed by atoms with Crippen LogP contribution in [0.25, 0.3) is 0 Å². The number of aromatic nitrogens is 4. The highest BCUT2D eigenvalue weighted by Crippen LogP contribution is 2.11. The molecule has 2 aromatic heterocycles. The largest absolute Gasteiger partial charge is 0.331 e. The van der Waals surface area contributed by atoms with Gasteiger partial charge in [0.15, 0.2) is 0 Å². The van der Waals surface area contributed by atoms with Gasteiger partial charge in [0, 0.05) is 20.3 Å². The zero-order valence-corrected chi connectivity index (χ0v) is 8.93. The van der Waals surface area contributed by atoms with Crippen LogP contribution in [0.1, 0.15) is 21.7 Å². The van der Waals surface area contributed by atoms with Crippen LogP contribution >= 0.6 is 0 Å². The molecule has 2 heterocycles. The van der Waals surface area contributed by atoms with E-state index in [1.807, 2.05) is 6.92 Å². The third-order valence-corrected chi connectivity index (χ3v) is 2.31. The molecular formula is C10H12N4O. The van der Waals surface area contributed by atoms with Gasteiger partial charge in [0.2, 0.25) is 5.78 Å². The molecule has 0 aliphatic heterocycles. The van der Waals surface area contributed by atoms with E-state index < -0.39 is 0 Å². The second kappa shape index (κ2) is 3.34. The molecule has 0 bridgehead atoms. The van der Waals surface area contributed by atoms with E-state index in [2.05, 4.69) is 10.1 Å². The minimum Gasteiger partial charge on any atom is -0.331 e. The smallest absolute Gasteiger partial charge is 0.214 e. The Balaban J connectivity index is 2.45. The third-order valence-electron chi connectivity index (χ3n) is 2.31. The Kier molecular flexibility index (Phi) is 2.15. The first-order chi connectivity index (χ1) is 7.09. The van der Waals surface area contributed by atoms with E-state index in [0.717, 1.165) is 5.69 Å². The monoisotopic (exact) mass is 204 g/mol. The molecule has 0 radical (unpaired) electrons. The highest BCUT2D eigenvalue weighted by molar-refractivity contribution is 6.08. The minimum atomic E-state index is -0.0411. The molecule has 0 unspecified atom stereocenters. The number of hydrogen-bond donors (Lipinski definition) is 0. The standard InChI is InChI=1S/C10H12N4O/c1-7-8(5-14(3)12-7)10(15)9-4-11-6-13(9)2/h4-6H,1-3H3. The van der Waals surface area contributed by atoms with Gasteiger partial charge >= 0.3 is 0 Å². The van der Waals surface area contributed by atoms with E-state index in [1.54, 1.807) is 42.1 Å². The Bertz CT molecular complexity index is 509. The van der Waals surface area contributed by atoms with Crippen LogP contribution < -0.4 is 0 Å². The first-order valence-corrected chi connectivity index (χ1v) is 4.61. The number of imidazole rings is 1. The van der Waals surface area contributed by atoms with Crippen LogP contribution in [0, 0.1) is 6.92 Å². The summed E-state index contributed by atoms with van der Waals surface area (Å²) < 4.78 is 3.34. The molecular weight excluding hydrogens is 192 g/mol. The first-order valence-electron chi connectivity index (χ1n) is 4.61. The van der Waals surface area contributed by atoms with Crippen LogP contribution in [-0.4, -0.2) is 25.1 Å². The highest BCUT2D eigenvalue weighted by Gasteiger charge is 2.17. The summed E-state index contributed by atoms with van der Waals surface area (Å²) in [5.74, 6) is -0.0411. The number of ketones is 1. The Morgan fingerprint density at radius 1 is 1.40 bits per heavy atom. The summed E-state index contributed by atoms with van der Waals surface area (Å²) >= 11 is 0. The maximum atomic E-state index is 12.0. The van der Waals surface area contributed by atoms with Crippen LogP contribution in [0.5, 0.6) is 0 Å². The van der Waals surface area contributed by atoms with Crippen molar-refractivity contribution >= 4 is 5.78 Å². The van der Waals surface area contributed by atoms with Crippen molar-refractivity contribution < 1.29 is 4.79 Å². The van der Waals surface area contributed by atoms with Gasteiger partial charge in [-0.3, -0.25) is 9.48 Å². The zero-order chi connectivity index (χ0) is 11.0. The predicted octanol–water partition coefficient (Wildman–Crippen LogP) is 0.693. The molecule has 2 aromatic rings. The van der Waals surface area contributed by atoms with E-state index >= 15 is 0 Å². The minimum absolute atomic E-state index is 0.0411. The third kappa shape index (κ3) is 1.56.